The van der Waals surface area contributed by atoms with E-state index in [0.29, 0.717) is 16.8 Å². The van der Waals surface area contributed by atoms with E-state index in [1.165, 1.54) is 24.6 Å². The molecule has 0 atom stereocenters. The van der Waals surface area contributed by atoms with Gasteiger partial charge in [0.2, 0.25) is 0 Å². The number of fused-ring (bicyclic) bond motifs is 1. The van der Waals surface area contributed by atoms with Gasteiger partial charge in [-0.25, -0.2) is 9.37 Å². The van der Waals surface area contributed by atoms with E-state index in [1.54, 1.807) is 24.3 Å². The van der Waals surface area contributed by atoms with Crippen LogP contribution >= 0.6 is 0 Å². The summed E-state index contributed by atoms with van der Waals surface area (Å²) in [5.74, 6) is -0.822. The second-order valence-corrected chi connectivity index (χ2v) is 4.00. The number of amides is 1. The van der Waals surface area contributed by atoms with Crippen LogP contribution in [0.3, 0.4) is 0 Å². The summed E-state index contributed by atoms with van der Waals surface area (Å²) in [6.07, 6.45) is 1.34. The molecule has 2 aromatic carbocycles. The zero-order valence-electron chi connectivity index (χ0n) is 9.76. The molecule has 4 nitrogen and oxygen atoms in total. The molecular weight excluding hydrogens is 247 g/mol. The number of carbonyl (C=O) groups is 1. The van der Waals surface area contributed by atoms with Gasteiger partial charge in [-0.2, -0.15) is 0 Å². The number of halogens is 1. The highest BCUT2D eigenvalue weighted by atomic mass is 19.1. The van der Waals surface area contributed by atoms with Crippen molar-refractivity contribution in [2.24, 2.45) is 0 Å². The molecule has 3 rings (SSSR count). The van der Waals surface area contributed by atoms with E-state index in [4.69, 9.17) is 4.42 Å². The zero-order valence-corrected chi connectivity index (χ0v) is 9.76. The molecule has 0 spiro atoms. The second-order valence-electron chi connectivity index (χ2n) is 4.00. The van der Waals surface area contributed by atoms with E-state index in [-0.39, 0.29) is 11.5 Å². The first-order valence-electron chi connectivity index (χ1n) is 5.62. The third-order valence-corrected chi connectivity index (χ3v) is 2.68. The van der Waals surface area contributed by atoms with Crippen LogP contribution in [-0.4, -0.2) is 10.9 Å². The van der Waals surface area contributed by atoms with Crippen LogP contribution < -0.4 is 5.32 Å². The van der Waals surface area contributed by atoms with Gasteiger partial charge in [-0.15, -0.1) is 0 Å². The van der Waals surface area contributed by atoms with Gasteiger partial charge in [0.25, 0.3) is 5.91 Å². The van der Waals surface area contributed by atoms with Crippen molar-refractivity contribution in [1.82, 2.24) is 4.98 Å². The average Bonchev–Trinajstić information content (AvgIpc) is 2.86. The molecule has 19 heavy (non-hydrogen) atoms. The minimum absolute atomic E-state index is 0.262. The molecule has 0 saturated carbocycles. The quantitative estimate of drug-likeness (QED) is 0.765. The van der Waals surface area contributed by atoms with Gasteiger partial charge in [0, 0.05) is 17.3 Å². The molecule has 0 aliphatic carbocycles. The average molecular weight is 256 g/mol. The molecule has 5 heteroatoms. The topological polar surface area (TPSA) is 55.1 Å². The maximum atomic E-state index is 13.0. The zero-order chi connectivity index (χ0) is 13.2. The van der Waals surface area contributed by atoms with E-state index in [9.17, 15) is 9.18 Å². The van der Waals surface area contributed by atoms with Crippen LogP contribution in [0.15, 0.2) is 53.3 Å². The Morgan fingerprint density at radius 1 is 1.21 bits per heavy atom. The summed E-state index contributed by atoms with van der Waals surface area (Å²) < 4.78 is 18.2. The summed E-state index contributed by atoms with van der Waals surface area (Å²) in [6, 6.07) is 10.6. The highest BCUT2D eigenvalue weighted by Gasteiger charge is 2.08. The van der Waals surface area contributed by atoms with Gasteiger partial charge in [-0.1, -0.05) is 6.07 Å². The highest BCUT2D eigenvalue weighted by molar-refractivity contribution is 6.04. The molecule has 0 aliphatic rings. The van der Waals surface area contributed by atoms with E-state index in [2.05, 4.69) is 10.3 Å². The lowest BCUT2D eigenvalue weighted by molar-refractivity contribution is 0.102. The van der Waals surface area contributed by atoms with Crippen molar-refractivity contribution in [2.45, 2.75) is 0 Å². The minimum atomic E-state index is -0.446. The van der Waals surface area contributed by atoms with Crippen molar-refractivity contribution in [3.8, 4) is 0 Å². The van der Waals surface area contributed by atoms with E-state index < -0.39 is 5.82 Å². The Morgan fingerprint density at radius 3 is 2.95 bits per heavy atom. The molecule has 0 unspecified atom stereocenters. The van der Waals surface area contributed by atoms with Crippen molar-refractivity contribution in [1.29, 1.82) is 0 Å². The molecule has 0 aliphatic heterocycles. The van der Waals surface area contributed by atoms with E-state index in [1.807, 2.05) is 0 Å². The number of nitrogens with one attached hydrogen (secondary N) is 1. The lowest BCUT2D eigenvalue weighted by atomic mass is 10.2. The number of hydrogen-bond acceptors (Lipinski definition) is 3. The van der Waals surface area contributed by atoms with E-state index in [0.717, 1.165) is 0 Å². The molecule has 1 amide bonds. The maximum Gasteiger partial charge on any atom is 0.255 e. The lowest BCUT2D eigenvalue weighted by Crippen LogP contribution is -2.11. The SMILES string of the molecule is O=C(Nc1ccc2ncoc2c1)c1cccc(F)c1. The molecule has 1 N–H and O–H groups in total. The molecule has 0 fully saturated rings. The molecule has 3 aromatic rings. The van der Waals surface area contributed by atoms with Crippen molar-refractivity contribution in [3.05, 3.63) is 60.2 Å². The Hall–Kier alpha value is -2.69. The van der Waals surface area contributed by atoms with Gasteiger partial charge in [-0.3, -0.25) is 4.79 Å². The van der Waals surface area contributed by atoms with Crippen molar-refractivity contribution < 1.29 is 13.6 Å². The van der Waals surface area contributed by atoms with Gasteiger partial charge in [0.05, 0.1) is 0 Å². The maximum absolute atomic E-state index is 13.0. The molecular formula is C14H9FN2O2. The van der Waals surface area contributed by atoms with Crippen LogP contribution in [-0.2, 0) is 0 Å². The number of nitrogens with zero attached hydrogens (tertiary/aromatic N) is 1. The highest BCUT2D eigenvalue weighted by Crippen LogP contribution is 2.18. The number of carbonyl (C=O) groups excluding carboxylic acids is 1. The number of rotatable bonds is 2. The molecule has 1 aromatic heterocycles. The van der Waals surface area contributed by atoms with Crippen LogP contribution in [0.4, 0.5) is 10.1 Å². The number of aromatic nitrogens is 1. The van der Waals surface area contributed by atoms with Crippen molar-refractivity contribution in [3.63, 3.8) is 0 Å². The third kappa shape index (κ3) is 2.30. The Labute approximate surface area is 107 Å². The Balaban J connectivity index is 1.86. The number of anilines is 1. The third-order valence-electron chi connectivity index (χ3n) is 2.68. The normalized spacial score (nSPS) is 10.6. The monoisotopic (exact) mass is 256 g/mol. The predicted octanol–water partition coefficient (Wildman–Crippen LogP) is 3.22. The van der Waals surface area contributed by atoms with Crippen LogP contribution in [0.1, 0.15) is 10.4 Å². The molecule has 0 saturated heterocycles. The van der Waals surface area contributed by atoms with Gasteiger partial charge in [0.1, 0.15) is 11.3 Å². The summed E-state index contributed by atoms with van der Waals surface area (Å²) in [5, 5.41) is 2.67. The Kier molecular flexibility index (Phi) is 2.72. The van der Waals surface area contributed by atoms with Crippen LogP contribution in [0.2, 0.25) is 0 Å². The predicted molar refractivity (Wildman–Crippen MR) is 68.4 cm³/mol. The number of oxazole rings is 1. The van der Waals surface area contributed by atoms with Crippen LogP contribution in [0.25, 0.3) is 11.1 Å². The van der Waals surface area contributed by atoms with E-state index >= 15 is 0 Å². The Morgan fingerprint density at radius 2 is 2.11 bits per heavy atom. The van der Waals surface area contributed by atoms with Crippen LogP contribution in [0.5, 0.6) is 0 Å². The largest absolute Gasteiger partial charge is 0.443 e. The van der Waals surface area contributed by atoms with Gasteiger partial charge in [0.15, 0.2) is 12.0 Å². The second kappa shape index (κ2) is 4.53. The summed E-state index contributed by atoms with van der Waals surface area (Å²) >= 11 is 0. The van der Waals surface area contributed by atoms with Crippen molar-refractivity contribution >= 4 is 22.7 Å². The first-order chi connectivity index (χ1) is 9.22. The smallest absolute Gasteiger partial charge is 0.255 e. The summed E-state index contributed by atoms with van der Waals surface area (Å²) in [5.41, 5.74) is 2.12. The van der Waals surface area contributed by atoms with Gasteiger partial charge in [-0.05, 0) is 30.3 Å². The first-order valence-corrected chi connectivity index (χ1v) is 5.62. The first kappa shape index (κ1) is 11.4. The van der Waals surface area contributed by atoms with Crippen LogP contribution in [0, 0.1) is 5.82 Å². The fraction of sp³-hybridized carbons (Fsp3) is 0. The Bertz CT molecular complexity index is 752. The van der Waals surface area contributed by atoms with Gasteiger partial charge >= 0.3 is 0 Å². The fourth-order valence-corrected chi connectivity index (χ4v) is 1.77. The summed E-state index contributed by atoms with van der Waals surface area (Å²) in [4.78, 5) is 15.9. The van der Waals surface area contributed by atoms with Crippen molar-refractivity contribution in [2.75, 3.05) is 5.32 Å². The summed E-state index contributed by atoms with van der Waals surface area (Å²) in [6.45, 7) is 0. The fourth-order valence-electron chi connectivity index (χ4n) is 1.77. The standard InChI is InChI=1S/C14H9FN2O2/c15-10-3-1-2-9(6-10)14(18)17-11-4-5-12-13(7-11)19-8-16-12/h1-8H,(H,17,18). The molecule has 1 heterocycles. The minimum Gasteiger partial charge on any atom is -0.443 e. The lowest BCUT2D eigenvalue weighted by Gasteiger charge is -2.04. The molecule has 0 radical (unpaired) electrons. The number of hydrogen-bond donors (Lipinski definition) is 1. The molecule has 94 valence electrons. The molecule has 0 bridgehead atoms. The number of benzene rings is 2. The van der Waals surface area contributed by atoms with Gasteiger partial charge < -0.3 is 9.73 Å². The summed E-state index contributed by atoms with van der Waals surface area (Å²) in [7, 11) is 0.